The van der Waals surface area contributed by atoms with E-state index < -0.39 is 12.0 Å². The number of carbonyl (C=O) groups excluding carboxylic acids is 2. The Bertz CT molecular complexity index is 913. The van der Waals surface area contributed by atoms with Crippen LogP contribution < -0.4 is 15.8 Å². The standard InChI is InChI=1S/C20H22Cl2N2O3S/c1-3-11-4-6-13-16(8-11)28-20(17(13)18(23)25)24-19(26)10(2)27-15-7-5-12(21)9-14(15)22/h5,7,9-11H,3-4,6,8H2,1-2H3,(H2,23,25)(H,24,26)/t10-,11-/m0/s1. The smallest absolute Gasteiger partial charge is 0.265 e. The van der Waals surface area contributed by atoms with Crippen LogP contribution >= 0.6 is 34.5 Å². The highest BCUT2D eigenvalue weighted by Crippen LogP contribution is 2.40. The molecule has 3 N–H and O–H groups in total. The Morgan fingerprint density at radius 2 is 2.14 bits per heavy atom. The predicted octanol–water partition coefficient (Wildman–Crippen LogP) is 5.07. The van der Waals surface area contributed by atoms with Gasteiger partial charge in [-0.25, -0.2) is 0 Å². The van der Waals surface area contributed by atoms with E-state index in [1.165, 1.54) is 11.3 Å². The van der Waals surface area contributed by atoms with Crippen LogP contribution in [0.4, 0.5) is 5.00 Å². The number of carbonyl (C=O) groups is 2. The molecule has 1 aliphatic rings. The van der Waals surface area contributed by atoms with Crippen molar-refractivity contribution in [3.63, 3.8) is 0 Å². The van der Waals surface area contributed by atoms with Crippen molar-refractivity contribution in [1.82, 2.24) is 0 Å². The average molecular weight is 441 g/mol. The van der Waals surface area contributed by atoms with Gasteiger partial charge >= 0.3 is 0 Å². The molecule has 0 spiro atoms. The van der Waals surface area contributed by atoms with Crippen LogP contribution in [0, 0.1) is 5.92 Å². The zero-order chi connectivity index (χ0) is 20.4. The van der Waals surface area contributed by atoms with Gasteiger partial charge in [0, 0.05) is 9.90 Å². The number of anilines is 1. The van der Waals surface area contributed by atoms with Crippen LogP contribution in [-0.2, 0) is 17.6 Å². The van der Waals surface area contributed by atoms with Gasteiger partial charge in [-0.2, -0.15) is 0 Å². The van der Waals surface area contributed by atoms with Crippen LogP contribution in [0.15, 0.2) is 18.2 Å². The Morgan fingerprint density at radius 3 is 2.79 bits per heavy atom. The molecule has 0 saturated carbocycles. The van der Waals surface area contributed by atoms with Crippen molar-refractivity contribution in [2.24, 2.45) is 11.7 Å². The number of hydrogen-bond donors (Lipinski definition) is 2. The lowest BCUT2D eigenvalue weighted by atomic mass is 9.85. The third-order valence-electron chi connectivity index (χ3n) is 4.99. The van der Waals surface area contributed by atoms with Crippen molar-refractivity contribution in [1.29, 1.82) is 0 Å². The molecule has 1 heterocycles. The summed E-state index contributed by atoms with van der Waals surface area (Å²) in [6.45, 7) is 3.78. The molecule has 2 amide bonds. The van der Waals surface area contributed by atoms with Gasteiger partial charge in [0.15, 0.2) is 6.10 Å². The van der Waals surface area contributed by atoms with Crippen molar-refractivity contribution < 1.29 is 14.3 Å². The fourth-order valence-electron chi connectivity index (χ4n) is 3.38. The van der Waals surface area contributed by atoms with E-state index in [9.17, 15) is 9.59 Å². The van der Waals surface area contributed by atoms with Crippen LogP contribution in [0.3, 0.4) is 0 Å². The molecule has 0 bridgehead atoms. The molecule has 0 radical (unpaired) electrons. The molecule has 28 heavy (non-hydrogen) atoms. The van der Waals surface area contributed by atoms with Crippen molar-refractivity contribution in [2.75, 3.05) is 5.32 Å². The Morgan fingerprint density at radius 1 is 1.39 bits per heavy atom. The quantitative estimate of drug-likeness (QED) is 0.657. The molecule has 3 rings (SSSR count). The van der Waals surface area contributed by atoms with Crippen molar-refractivity contribution in [2.45, 2.75) is 45.6 Å². The molecule has 1 aromatic carbocycles. The predicted molar refractivity (Wildman–Crippen MR) is 114 cm³/mol. The number of fused-ring (bicyclic) bond motifs is 1. The lowest BCUT2D eigenvalue weighted by molar-refractivity contribution is -0.122. The van der Waals surface area contributed by atoms with E-state index in [2.05, 4.69) is 12.2 Å². The minimum absolute atomic E-state index is 0.321. The molecule has 0 aliphatic heterocycles. The molecular weight excluding hydrogens is 419 g/mol. The maximum atomic E-state index is 12.7. The first kappa shape index (κ1) is 21.0. The summed E-state index contributed by atoms with van der Waals surface area (Å²) in [4.78, 5) is 25.8. The molecule has 5 nitrogen and oxygen atoms in total. The zero-order valence-electron chi connectivity index (χ0n) is 15.7. The molecular formula is C20H22Cl2N2O3S. The van der Waals surface area contributed by atoms with Gasteiger partial charge in [0.1, 0.15) is 10.8 Å². The third kappa shape index (κ3) is 4.45. The average Bonchev–Trinajstić information content (AvgIpc) is 3.00. The Hall–Kier alpha value is -1.76. The summed E-state index contributed by atoms with van der Waals surface area (Å²) in [6.07, 6.45) is 3.03. The summed E-state index contributed by atoms with van der Waals surface area (Å²) in [5, 5.41) is 4.12. The molecule has 2 atom stereocenters. The maximum absolute atomic E-state index is 12.7. The monoisotopic (exact) mass is 440 g/mol. The SMILES string of the molecule is CC[C@H]1CCc2c(sc(NC(=O)[C@H](C)Oc3ccc(Cl)cc3Cl)c2C(N)=O)C1. The van der Waals surface area contributed by atoms with Crippen molar-refractivity contribution >= 4 is 51.4 Å². The summed E-state index contributed by atoms with van der Waals surface area (Å²) < 4.78 is 5.66. The number of rotatable bonds is 6. The van der Waals surface area contributed by atoms with Crippen LogP contribution in [0.5, 0.6) is 5.75 Å². The van der Waals surface area contributed by atoms with E-state index >= 15 is 0 Å². The fourth-order valence-corrected chi connectivity index (χ4v) is 5.20. The van der Waals surface area contributed by atoms with E-state index in [1.807, 2.05) is 0 Å². The Kier molecular flexibility index (Phi) is 6.53. The first-order valence-electron chi connectivity index (χ1n) is 9.17. The second kappa shape index (κ2) is 8.72. The second-order valence-electron chi connectivity index (χ2n) is 6.91. The first-order valence-corrected chi connectivity index (χ1v) is 10.7. The topological polar surface area (TPSA) is 81.4 Å². The van der Waals surface area contributed by atoms with Gasteiger partial charge in [-0.1, -0.05) is 36.5 Å². The third-order valence-corrected chi connectivity index (χ3v) is 6.69. The summed E-state index contributed by atoms with van der Waals surface area (Å²) in [5.74, 6) is 0.0704. The number of ether oxygens (including phenoxy) is 1. The van der Waals surface area contributed by atoms with Crippen LogP contribution in [0.2, 0.25) is 10.0 Å². The number of hydrogen-bond acceptors (Lipinski definition) is 4. The lowest BCUT2D eigenvalue weighted by Gasteiger charge is -2.20. The van der Waals surface area contributed by atoms with E-state index in [4.69, 9.17) is 33.7 Å². The molecule has 8 heteroatoms. The number of primary amides is 1. The minimum atomic E-state index is -0.818. The van der Waals surface area contributed by atoms with Gasteiger partial charge < -0.3 is 15.8 Å². The number of thiophene rings is 1. The van der Waals surface area contributed by atoms with E-state index in [0.717, 1.165) is 36.1 Å². The maximum Gasteiger partial charge on any atom is 0.265 e. The number of halogens is 2. The molecule has 2 aromatic rings. The fraction of sp³-hybridized carbons (Fsp3) is 0.400. The number of amides is 2. The van der Waals surface area contributed by atoms with Crippen molar-refractivity contribution in [3.8, 4) is 5.75 Å². The zero-order valence-corrected chi connectivity index (χ0v) is 18.0. The van der Waals surface area contributed by atoms with E-state index in [-0.39, 0.29) is 5.91 Å². The summed E-state index contributed by atoms with van der Waals surface area (Å²) in [6, 6.07) is 4.79. The normalized spacial score (nSPS) is 16.9. The highest BCUT2D eigenvalue weighted by molar-refractivity contribution is 7.17. The van der Waals surface area contributed by atoms with E-state index in [1.54, 1.807) is 25.1 Å². The largest absolute Gasteiger partial charge is 0.479 e. The molecule has 1 aliphatic carbocycles. The van der Waals surface area contributed by atoms with Crippen LogP contribution in [-0.4, -0.2) is 17.9 Å². The van der Waals surface area contributed by atoms with Crippen LogP contribution in [0.25, 0.3) is 0 Å². The molecule has 1 aromatic heterocycles. The lowest BCUT2D eigenvalue weighted by Crippen LogP contribution is -2.30. The Labute approximate surface area is 178 Å². The highest BCUT2D eigenvalue weighted by Gasteiger charge is 2.29. The van der Waals surface area contributed by atoms with Crippen LogP contribution in [0.1, 0.15) is 47.5 Å². The molecule has 0 fully saturated rings. The molecule has 0 saturated heterocycles. The second-order valence-corrected chi connectivity index (χ2v) is 8.86. The van der Waals surface area contributed by atoms with Gasteiger partial charge in [0.25, 0.3) is 11.8 Å². The van der Waals surface area contributed by atoms with Gasteiger partial charge in [0.2, 0.25) is 0 Å². The Balaban J connectivity index is 1.78. The van der Waals surface area contributed by atoms with Gasteiger partial charge in [-0.05, 0) is 55.9 Å². The van der Waals surface area contributed by atoms with Crippen molar-refractivity contribution in [3.05, 3.63) is 44.2 Å². The van der Waals surface area contributed by atoms with Gasteiger partial charge in [-0.3, -0.25) is 9.59 Å². The first-order chi connectivity index (χ1) is 13.3. The van der Waals surface area contributed by atoms with Gasteiger partial charge in [0.05, 0.1) is 10.6 Å². The minimum Gasteiger partial charge on any atom is -0.479 e. The van der Waals surface area contributed by atoms with E-state index in [0.29, 0.717) is 32.3 Å². The molecule has 150 valence electrons. The summed E-state index contributed by atoms with van der Waals surface area (Å²) >= 11 is 13.4. The highest BCUT2D eigenvalue weighted by atomic mass is 35.5. The number of benzene rings is 1. The van der Waals surface area contributed by atoms with Gasteiger partial charge in [-0.15, -0.1) is 11.3 Å². The molecule has 0 unspecified atom stereocenters. The summed E-state index contributed by atoms with van der Waals surface area (Å²) in [7, 11) is 0. The number of nitrogens with one attached hydrogen (secondary N) is 1. The summed E-state index contributed by atoms with van der Waals surface area (Å²) in [5.41, 5.74) is 7.02. The number of nitrogens with two attached hydrogens (primary N) is 1.